The van der Waals surface area contributed by atoms with Crippen LogP contribution in [0.2, 0.25) is 0 Å². The van der Waals surface area contributed by atoms with Crippen LogP contribution in [0.15, 0.2) is 24.3 Å². The van der Waals surface area contributed by atoms with Gasteiger partial charge in [-0.25, -0.2) is 4.68 Å². The van der Waals surface area contributed by atoms with E-state index in [1.807, 2.05) is 16.5 Å². The van der Waals surface area contributed by atoms with E-state index >= 15 is 0 Å². The van der Waals surface area contributed by atoms with Crippen molar-refractivity contribution < 1.29 is 4.79 Å². The summed E-state index contributed by atoms with van der Waals surface area (Å²) in [6.45, 7) is 10.00. The van der Waals surface area contributed by atoms with Crippen LogP contribution < -0.4 is 4.90 Å². The van der Waals surface area contributed by atoms with E-state index in [2.05, 4.69) is 62.1 Å². The summed E-state index contributed by atoms with van der Waals surface area (Å²) in [6, 6.07) is 9.11. The highest BCUT2D eigenvalue weighted by atomic mass is 32.1. The van der Waals surface area contributed by atoms with E-state index in [-0.39, 0.29) is 11.3 Å². The SMILES string of the molecule is CCC(=O)N(c1nn(CN(C)Cc2ccc(C(C)(C)C)cc2)c(=S)s1)C1CC1. The number of carbonyl (C=O) groups excluding carboxylic acids is 1. The molecular formula is C21H30N4OS2. The molecule has 2 aromatic rings. The summed E-state index contributed by atoms with van der Waals surface area (Å²) in [6.07, 6.45) is 2.61. The van der Waals surface area contributed by atoms with Gasteiger partial charge in [0.2, 0.25) is 11.0 Å². The van der Waals surface area contributed by atoms with E-state index in [1.54, 1.807) is 0 Å². The minimum Gasteiger partial charge on any atom is -0.284 e. The van der Waals surface area contributed by atoms with Crippen molar-refractivity contribution in [2.24, 2.45) is 0 Å². The molecule has 1 amide bonds. The first-order chi connectivity index (χ1) is 13.2. The first kappa shape index (κ1) is 21.1. The van der Waals surface area contributed by atoms with Gasteiger partial charge in [0.15, 0.2) is 3.95 Å². The summed E-state index contributed by atoms with van der Waals surface area (Å²) in [4.78, 5) is 16.4. The Morgan fingerprint density at radius 1 is 1.29 bits per heavy atom. The normalized spacial score (nSPS) is 14.5. The first-order valence-corrected chi connectivity index (χ1v) is 11.1. The van der Waals surface area contributed by atoms with E-state index in [0.717, 1.165) is 24.5 Å². The third-order valence-corrected chi connectivity index (χ3v) is 6.24. The zero-order valence-corrected chi connectivity index (χ0v) is 19.1. The number of amides is 1. The Balaban J connectivity index is 1.67. The van der Waals surface area contributed by atoms with Gasteiger partial charge < -0.3 is 0 Å². The molecule has 5 nitrogen and oxygen atoms in total. The van der Waals surface area contributed by atoms with E-state index in [9.17, 15) is 4.79 Å². The standard InChI is InChI=1S/C21H30N4OS2/c1-6-18(26)25(17-11-12-17)19-22-24(20(27)28-19)14-23(5)13-15-7-9-16(10-8-15)21(2,3)4/h7-10,17H,6,11-14H2,1-5H3. The van der Waals surface area contributed by atoms with Crippen molar-refractivity contribution in [2.45, 2.75) is 71.6 Å². The van der Waals surface area contributed by atoms with Gasteiger partial charge in [-0.15, -0.1) is 5.10 Å². The van der Waals surface area contributed by atoms with Crippen molar-refractivity contribution in [3.8, 4) is 0 Å². The number of rotatable bonds is 7. The van der Waals surface area contributed by atoms with Crippen LogP contribution in [0.3, 0.4) is 0 Å². The smallest absolute Gasteiger partial charge is 0.228 e. The molecule has 0 N–H and O–H groups in total. The van der Waals surface area contributed by atoms with Gasteiger partial charge in [-0.2, -0.15) is 0 Å². The molecule has 1 heterocycles. The molecule has 152 valence electrons. The third kappa shape index (κ3) is 5.07. The lowest BCUT2D eigenvalue weighted by molar-refractivity contribution is -0.118. The summed E-state index contributed by atoms with van der Waals surface area (Å²) in [5.74, 6) is 0.130. The Kier molecular flexibility index (Phi) is 6.37. The predicted octanol–water partition coefficient (Wildman–Crippen LogP) is 4.97. The highest BCUT2D eigenvalue weighted by Gasteiger charge is 2.35. The molecule has 1 fully saturated rings. The molecule has 1 saturated carbocycles. The summed E-state index contributed by atoms with van der Waals surface area (Å²) >= 11 is 6.95. The van der Waals surface area contributed by atoms with Gasteiger partial charge >= 0.3 is 0 Å². The highest BCUT2D eigenvalue weighted by Crippen LogP contribution is 2.34. The number of aromatic nitrogens is 2. The molecule has 0 radical (unpaired) electrons. The van der Waals surface area contributed by atoms with Gasteiger partial charge in [0.1, 0.15) is 0 Å². The summed E-state index contributed by atoms with van der Waals surface area (Å²) in [5, 5.41) is 5.40. The second-order valence-electron chi connectivity index (χ2n) is 8.60. The predicted molar refractivity (Wildman–Crippen MR) is 118 cm³/mol. The molecule has 7 heteroatoms. The maximum absolute atomic E-state index is 12.3. The molecule has 28 heavy (non-hydrogen) atoms. The van der Waals surface area contributed by atoms with Crippen LogP contribution >= 0.6 is 23.6 Å². The van der Waals surface area contributed by atoms with Crippen molar-refractivity contribution in [3.63, 3.8) is 0 Å². The van der Waals surface area contributed by atoms with Crippen LogP contribution in [0.1, 0.15) is 58.1 Å². The molecule has 0 saturated heterocycles. The van der Waals surface area contributed by atoms with Crippen LogP contribution in [0, 0.1) is 3.95 Å². The summed E-state index contributed by atoms with van der Waals surface area (Å²) in [7, 11) is 2.06. The molecule has 0 aliphatic heterocycles. The fourth-order valence-corrected chi connectivity index (χ4v) is 4.32. The quantitative estimate of drug-likeness (QED) is 0.596. The van der Waals surface area contributed by atoms with Crippen LogP contribution in [0.25, 0.3) is 0 Å². The Morgan fingerprint density at radius 3 is 2.46 bits per heavy atom. The average Bonchev–Trinajstić information content (AvgIpc) is 3.39. The second-order valence-corrected chi connectivity index (χ2v) is 10.2. The van der Waals surface area contributed by atoms with Crippen molar-refractivity contribution >= 4 is 34.6 Å². The second kappa shape index (κ2) is 8.43. The molecule has 1 aromatic carbocycles. The van der Waals surface area contributed by atoms with E-state index in [1.165, 1.54) is 22.5 Å². The lowest BCUT2D eigenvalue weighted by Crippen LogP contribution is -2.32. The van der Waals surface area contributed by atoms with Gasteiger partial charge in [-0.05, 0) is 48.6 Å². The molecular weight excluding hydrogens is 388 g/mol. The number of nitrogens with zero attached hydrogens (tertiary/aromatic N) is 4. The minimum absolute atomic E-state index is 0.130. The number of hydrogen-bond donors (Lipinski definition) is 0. The Bertz CT molecular complexity index is 875. The van der Waals surface area contributed by atoms with Gasteiger partial charge in [0, 0.05) is 19.0 Å². The molecule has 1 aliphatic rings. The Labute approximate surface area is 177 Å². The number of anilines is 1. The Hall–Kier alpha value is -1.57. The molecule has 0 bridgehead atoms. The molecule has 3 rings (SSSR count). The van der Waals surface area contributed by atoms with Crippen molar-refractivity contribution in [3.05, 3.63) is 39.3 Å². The van der Waals surface area contributed by atoms with Crippen LogP contribution in [0.4, 0.5) is 5.13 Å². The zero-order chi connectivity index (χ0) is 20.5. The molecule has 0 atom stereocenters. The third-order valence-electron chi connectivity index (χ3n) is 4.93. The number of hydrogen-bond acceptors (Lipinski definition) is 5. The summed E-state index contributed by atoms with van der Waals surface area (Å²) in [5.41, 5.74) is 2.77. The monoisotopic (exact) mass is 418 g/mol. The van der Waals surface area contributed by atoms with Crippen molar-refractivity contribution in [1.29, 1.82) is 0 Å². The maximum Gasteiger partial charge on any atom is 0.228 e. The van der Waals surface area contributed by atoms with E-state index < -0.39 is 0 Å². The van der Waals surface area contributed by atoms with Gasteiger partial charge in [-0.3, -0.25) is 14.6 Å². The molecule has 0 unspecified atom stereocenters. The van der Waals surface area contributed by atoms with Gasteiger partial charge in [0.05, 0.1) is 6.67 Å². The fraction of sp³-hybridized carbons (Fsp3) is 0.571. The molecule has 0 spiro atoms. The lowest BCUT2D eigenvalue weighted by Gasteiger charge is -2.21. The van der Waals surface area contributed by atoms with Gasteiger partial charge in [0.25, 0.3) is 0 Å². The average molecular weight is 419 g/mol. The van der Waals surface area contributed by atoms with Crippen molar-refractivity contribution in [1.82, 2.24) is 14.7 Å². The maximum atomic E-state index is 12.3. The lowest BCUT2D eigenvalue weighted by atomic mass is 9.87. The first-order valence-electron chi connectivity index (χ1n) is 9.87. The van der Waals surface area contributed by atoms with Crippen molar-refractivity contribution in [2.75, 3.05) is 11.9 Å². The van der Waals surface area contributed by atoms with Crippen LogP contribution in [-0.2, 0) is 23.4 Å². The largest absolute Gasteiger partial charge is 0.284 e. The highest BCUT2D eigenvalue weighted by molar-refractivity contribution is 7.73. The van der Waals surface area contributed by atoms with E-state index in [4.69, 9.17) is 12.2 Å². The molecule has 1 aromatic heterocycles. The Morgan fingerprint density at radius 2 is 1.93 bits per heavy atom. The van der Waals surface area contributed by atoms with Gasteiger partial charge in [-0.1, -0.05) is 63.3 Å². The molecule has 1 aliphatic carbocycles. The fourth-order valence-electron chi connectivity index (χ4n) is 3.15. The zero-order valence-electron chi connectivity index (χ0n) is 17.4. The topological polar surface area (TPSA) is 41.4 Å². The van der Waals surface area contributed by atoms with Crippen LogP contribution in [0.5, 0.6) is 0 Å². The minimum atomic E-state index is 0.130. The number of benzene rings is 1. The van der Waals surface area contributed by atoms with E-state index in [0.29, 0.717) is 23.1 Å². The van der Waals surface area contributed by atoms with Crippen LogP contribution in [-0.4, -0.2) is 33.7 Å². The number of carbonyl (C=O) groups is 1. The summed E-state index contributed by atoms with van der Waals surface area (Å²) < 4.78 is 2.54.